The van der Waals surface area contributed by atoms with Gasteiger partial charge < -0.3 is 10.4 Å². The Labute approximate surface area is 83.7 Å². The maximum atomic E-state index is 10.9. The fourth-order valence-corrected chi connectivity index (χ4v) is 2.07. The molecule has 0 aromatic carbocycles. The fraction of sp³-hybridized carbons (Fsp3) is 0.800. The van der Waals surface area contributed by atoms with Crippen LogP contribution in [0.25, 0.3) is 0 Å². The van der Waals surface area contributed by atoms with Gasteiger partial charge in [0.2, 0.25) is 5.91 Å². The number of rotatable bonds is 3. The van der Waals surface area contributed by atoms with Gasteiger partial charge in [-0.05, 0) is 18.8 Å². The number of carbonyl (C=O) groups excluding carboxylic acids is 1. The van der Waals surface area contributed by atoms with Gasteiger partial charge in [-0.15, -0.1) is 0 Å². The molecule has 0 unspecified atom stereocenters. The van der Waals surface area contributed by atoms with Crippen LogP contribution in [0.1, 0.15) is 39.0 Å². The molecule has 1 saturated carbocycles. The molecule has 0 aromatic heterocycles. The van der Waals surface area contributed by atoms with Crippen LogP contribution in [0.5, 0.6) is 0 Å². The minimum absolute atomic E-state index is 0.116. The van der Waals surface area contributed by atoms with Crippen molar-refractivity contribution in [2.24, 2.45) is 5.92 Å². The van der Waals surface area contributed by atoms with Crippen LogP contribution in [0.15, 0.2) is 0 Å². The molecule has 0 heterocycles. The number of hydrogen-bond acceptors (Lipinski definition) is 2. The number of carbonyl (C=O) groups is 2. The smallest absolute Gasteiger partial charge is 0.326 e. The molecule has 1 fully saturated rings. The molecule has 4 heteroatoms. The van der Waals surface area contributed by atoms with Gasteiger partial charge in [0.15, 0.2) is 0 Å². The monoisotopic (exact) mass is 199 g/mol. The summed E-state index contributed by atoms with van der Waals surface area (Å²) in [4.78, 5) is 21.7. The second-order valence-corrected chi connectivity index (χ2v) is 3.91. The van der Waals surface area contributed by atoms with Gasteiger partial charge in [-0.3, -0.25) is 4.79 Å². The molecule has 1 aliphatic rings. The summed E-state index contributed by atoms with van der Waals surface area (Å²) in [5.74, 6) is -1.06. The largest absolute Gasteiger partial charge is 0.480 e. The standard InChI is InChI=1S/C10H17NO3/c1-7(12)11-9(10(13)14)8-5-3-2-4-6-8/h8-9H,2-6H2,1H3,(H,11,12)(H,13,14)/t9-/m1/s1. The Morgan fingerprint density at radius 1 is 1.29 bits per heavy atom. The summed E-state index contributed by atoms with van der Waals surface area (Å²) in [5, 5.41) is 11.5. The Balaban J connectivity index is 2.56. The van der Waals surface area contributed by atoms with Crippen LogP contribution in [0.2, 0.25) is 0 Å². The quantitative estimate of drug-likeness (QED) is 0.716. The third-order valence-corrected chi connectivity index (χ3v) is 2.75. The first-order chi connectivity index (χ1) is 6.61. The Morgan fingerprint density at radius 2 is 1.86 bits per heavy atom. The molecule has 0 radical (unpaired) electrons. The fourth-order valence-electron chi connectivity index (χ4n) is 2.07. The lowest BCUT2D eigenvalue weighted by Crippen LogP contribution is -2.45. The van der Waals surface area contributed by atoms with E-state index in [0.29, 0.717) is 0 Å². The van der Waals surface area contributed by atoms with Gasteiger partial charge in [-0.25, -0.2) is 4.79 Å². The number of amides is 1. The second-order valence-electron chi connectivity index (χ2n) is 3.91. The lowest BCUT2D eigenvalue weighted by molar-refractivity contribution is -0.143. The van der Waals surface area contributed by atoms with E-state index in [1.807, 2.05) is 0 Å². The van der Waals surface area contributed by atoms with Crippen molar-refractivity contribution in [2.45, 2.75) is 45.1 Å². The molecular weight excluding hydrogens is 182 g/mol. The Morgan fingerprint density at radius 3 is 2.29 bits per heavy atom. The lowest BCUT2D eigenvalue weighted by Gasteiger charge is -2.27. The number of carboxylic acids is 1. The molecule has 0 spiro atoms. The molecule has 1 aliphatic carbocycles. The van der Waals surface area contributed by atoms with Gasteiger partial charge in [-0.1, -0.05) is 19.3 Å². The molecular formula is C10H17NO3. The Bertz CT molecular complexity index is 221. The highest BCUT2D eigenvalue weighted by Gasteiger charge is 2.29. The summed E-state index contributed by atoms with van der Waals surface area (Å²) in [7, 11) is 0. The van der Waals surface area contributed by atoms with Crippen LogP contribution in [0.3, 0.4) is 0 Å². The summed E-state index contributed by atoms with van der Waals surface area (Å²) in [5.41, 5.74) is 0. The number of carboxylic acid groups (broad SMARTS) is 1. The summed E-state index contributed by atoms with van der Waals surface area (Å²) in [6, 6.07) is -0.687. The maximum Gasteiger partial charge on any atom is 0.326 e. The average molecular weight is 199 g/mol. The highest BCUT2D eigenvalue weighted by Crippen LogP contribution is 2.26. The van der Waals surface area contributed by atoms with Crippen molar-refractivity contribution in [2.75, 3.05) is 0 Å². The molecule has 4 nitrogen and oxygen atoms in total. The van der Waals surface area contributed by atoms with Gasteiger partial charge >= 0.3 is 5.97 Å². The third kappa shape index (κ3) is 3.01. The molecule has 0 saturated heterocycles. The Hall–Kier alpha value is -1.06. The highest BCUT2D eigenvalue weighted by atomic mass is 16.4. The molecule has 0 bridgehead atoms. The van der Waals surface area contributed by atoms with Crippen LogP contribution in [-0.4, -0.2) is 23.0 Å². The van der Waals surface area contributed by atoms with E-state index in [1.54, 1.807) is 0 Å². The van der Waals surface area contributed by atoms with Crippen LogP contribution in [0, 0.1) is 5.92 Å². The second kappa shape index (κ2) is 4.98. The van der Waals surface area contributed by atoms with Crippen molar-refractivity contribution in [1.29, 1.82) is 0 Å². The van der Waals surface area contributed by atoms with E-state index in [1.165, 1.54) is 13.3 Å². The predicted molar refractivity (Wildman–Crippen MR) is 51.8 cm³/mol. The van der Waals surface area contributed by atoms with Crippen LogP contribution < -0.4 is 5.32 Å². The van der Waals surface area contributed by atoms with E-state index in [4.69, 9.17) is 5.11 Å². The van der Waals surface area contributed by atoms with E-state index >= 15 is 0 Å². The van der Waals surface area contributed by atoms with Crippen LogP contribution in [-0.2, 0) is 9.59 Å². The first-order valence-electron chi connectivity index (χ1n) is 5.11. The zero-order valence-corrected chi connectivity index (χ0v) is 8.45. The molecule has 1 atom stereocenters. The van der Waals surface area contributed by atoms with Crippen molar-refractivity contribution in [3.05, 3.63) is 0 Å². The molecule has 1 amide bonds. The average Bonchev–Trinajstić information content (AvgIpc) is 2.15. The molecule has 80 valence electrons. The zero-order chi connectivity index (χ0) is 10.6. The first-order valence-corrected chi connectivity index (χ1v) is 5.11. The highest BCUT2D eigenvalue weighted by molar-refractivity contribution is 5.82. The van der Waals surface area contributed by atoms with Gasteiger partial charge in [0.25, 0.3) is 0 Å². The molecule has 2 N–H and O–H groups in total. The normalized spacial score (nSPS) is 20.1. The molecule has 0 aromatic rings. The van der Waals surface area contributed by atoms with E-state index in [2.05, 4.69) is 5.32 Å². The van der Waals surface area contributed by atoms with E-state index < -0.39 is 12.0 Å². The van der Waals surface area contributed by atoms with Crippen LogP contribution >= 0.6 is 0 Å². The minimum atomic E-state index is -0.910. The summed E-state index contributed by atoms with van der Waals surface area (Å²) in [6.07, 6.45) is 5.17. The SMILES string of the molecule is CC(=O)N[C@@H](C(=O)O)C1CCCCC1. The van der Waals surface area contributed by atoms with Crippen molar-refractivity contribution in [3.8, 4) is 0 Å². The first kappa shape index (κ1) is 11.0. The maximum absolute atomic E-state index is 10.9. The minimum Gasteiger partial charge on any atom is -0.480 e. The van der Waals surface area contributed by atoms with Crippen molar-refractivity contribution in [3.63, 3.8) is 0 Å². The summed E-state index contributed by atoms with van der Waals surface area (Å²) < 4.78 is 0. The number of nitrogens with one attached hydrogen (secondary N) is 1. The predicted octanol–water partition coefficient (Wildman–Crippen LogP) is 1.16. The van der Waals surface area contributed by atoms with Gasteiger partial charge in [0.1, 0.15) is 6.04 Å². The third-order valence-electron chi connectivity index (χ3n) is 2.75. The van der Waals surface area contributed by atoms with Gasteiger partial charge in [-0.2, -0.15) is 0 Å². The lowest BCUT2D eigenvalue weighted by atomic mass is 9.84. The summed E-state index contributed by atoms with van der Waals surface area (Å²) >= 11 is 0. The topological polar surface area (TPSA) is 66.4 Å². The van der Waals surface area contributed by atoms with Gasteiger partial charge in [0.05, 0.1) is 0 Å². The number of hydrogen-bond donors (Lipinski definition) is 2. The Kier molecular flexibility index (Phi) is 3.92. The van der Waals surface area contributed by atoms with Crippen molar-refractivity contribution in [1.82, 2.24) is 5.32 Å². The van der Waals surface area contributed by atoms with Crippen molar-refractivity contribution < 1.29 is 14.7 Å². The van der Waals surface area contributed by atoms with E-state index in [0.717, 1.165) is 25.7 Å². The van der Waals surface area contributed by atoms with E-state index in [-0.39, 0.29) is 11.8 Å². The molecule has 1 rings (SSSR count). The molecule has 0 aliphatic heterocycles. The summed E-state index contributed by atoms with van der Waals surface area (Å²) in [6.45, 7) is 1.36. The van der Waals surface area contributed by atoms with Crippen LogP contribution in [0.4, 0.5) is 0 Å². The molecule has 14 heavy (non-hydrogen) atoms. The number of aliphatic carboxylic acids is 1. The van der Waals surface area contributed by atoms with E-state index in [9.17, 15) is 9.59 Å². The van der Waals surface area contributed by atoms with Crippen molar-refractivity contribution >= 4 is 11.9 Å². The zero-order valence-electron chi connectivity index (χ0n) is 8.45. The van der Waals surface area contributed by atoms with Gasteiger partial charge in [0, 0.05) is 6.92 Å².